The van der Waals surface area contributed by atoms with Gasteiger partial charge in [-0.3, -0.25) is 0 Å². The van der Waals surface area contributed by atoms with E-state index in [-0.39, 0.29) is 10.8 Å². The Bertz CT molecular complexity index is 3290. The first-order chi connectivity index (χ1) is 29.6. The van der Waals surface area contributed by atoms with Crippen LogP contribution in [0.25, 0.3) is 75.5 Å². The summed E-state index contributed by atoms with van der Waals surface area (Å²) in [6.07, 6.45) is 0. The van der Waals surface area contributed by atoms with Crippen LogP contribution in [0.3, 0.4) is 0 Å². The van der Waals surface area contributed by atoms with Crippen molar-refractivity contribution in [2.45, 2.75) is 45.4 Å². The van der Waals surface area contributed by atoms with Crippen molar-refractivity contribution in [2.75, 3.05) is 4.90 Å². The molecule has 0 spiro atoms. The Labute approximate surface area is 363 Å². The fraction of sp³-hybridized carbons (Fsp3) is 0.119. The summed E-state index contributed by atoms with van der Waals surface area (Å²) in [6, 6.07) is 72.5. The standard InChI is InChI=1S/C59H47NS/c1-58(2,3)43-30-25-38(26-31-43)39-27-32-44(33-28-39)60(45-34-35-53-51(37-45)48-15-8-10-19-52(48)59(53,4)5)54-36-29-40-13-6-7-14-46(40)56(54)42-23-21-41(22-24-42)47-17-12-18-50-49-16-9-11-20-55(49)61-57(47)50/h6-37H,1-5H3. The average molecular weight is 802 g/mol. The number of thiophene rings is 1. The van der Waals surface area contributed by atoms with Gasteiger partial charge in [0.25, 0.3) is 0 Å². The lowest BCUT2D eigenvalue weighted by Gasteiger charge is -2.30. The van der Waals surface area contributed by atoms with Crippen LogP contribution < -0.4 is 4.90 Å². The van der Waals surface area contributed by atoms with E-state index in [4.69, 9.17) is 0 Å². The van der Waals surface area contributed by atoms with Gasteiger partial charge >= 0.3 is 0 Å². The molecule has 0 atom stereocenters. The molecule has 10 aromatic rings. The van der Waals surface area contributed by atoms with Crippen LogP contribution in [-0.4, -0.2) is 0 Å². The van der Waals surface area contributed by atoms with Gasteiger partial charge in [-0.05, 0) is 108 Å². The van der Waals surface area contributed by atoms with E-state index in [0.29, 0.717) is 0 Å². The van der Waals surface area contributed by atoms with Gasteiger partial charge in [-0.25, -0.2) is 0 Å². The van der Waals surface area contributed by atoms with Crippen LogP contribution in [0.5, 0.6) is 0 Å². The fourth-order valence-electron chi connectivity index (χ4n) is 9.78. The monoisotopic (exact) mass is 801 g/mol. The van der Waals surface area contributed by atoms with Crippen LogP contribution in [0, 0.1) is 0 Å². The fourth-order valence-corrected chi connectivity index (χ4v) is 11.0. The number of nitrogens with zero attached hydrogens (tertiary/aromatic N) is 1. The number of rotatable bonds is 6. The molecule has 0 fully saturated rings. The molecule has 2 heteroatoms. The van der Waals surface area contributed by atoms with E-state index in [1.54, 1.807) is 0 Å². The number of fused-ring (bicyclic) bond motifs is 7. The predicted molar refractivity (Wildman–Crippen MR) is 264 cm³/mol. The van der Waals surface area contributed by atoms with Gasteiger partial charge in [-0.1, -0.05) is 192 Å². The van der Waals surface area contributed by atoms with Crippen LogP contribution in [0.4, 0.5) is 17.1 Å². The summed E-state index contributed by atoms with van der Waals surface area (Å²) in [6.45, 7) is 11.5. The molecule has 0 N–H and O–H groups in total. The first-order valence-corrected chi connectivity index (χ1v) is 22.2. The lowest BCUT2D eigenvalue weighted by Crippen LogP contribution is -2.15. The van der Waals surface area contributed by atoms with Crippen molar-refractivity contribution in [1.29, 1.82) is 0 Å². The Morgan fingerprint density at radius 3 is 1.80 bits per heavy atom. The van der Waals surface area contributed by atoms with Gasteiger partial charge in [-0.2, -0.15) is 0 Å². The second-order valence-electron chi connectivity index (χ2n) is 18.1. The quantitative estimate of drug-likeness (QED) is 0.162. The van der Waals surface area contributed by atoms with Crippen LogP contribution in [0.2, 0.25) is 0 Å². The van der Waals surface area contributed by atoms with Gasteiger partial charge in [0.2, 0.25) is 0 Å². The minimum absolute atomic E-state index is 0.0739. The Morgan fingerprint density at radius 2 is 1.03 bits per heavy atom. The first kappa shape index (κ1) is 37.3. The Kier molecular flexibility index (Phi) is 8.67. The van der Waals surface area contributed by atoms with E-state index in [1.165, 1.54) is 92.1 Å². The molecule has 1 aromatic heterocycles. The zero-order valence-corrected chi connectivity index (χ0v) is 36.1. The zero-order valence-electron chi connectivity index (χ0n) is 35.3. The third-order valence-corrected chi connectivity index (χ3v) is 14.3. The smallest absolute Gasteiger partial charge is 0.0546 e. The highest BCUT2D eigenvalue weighted by Gasteiger charge is 2.35. The molecule has 0 bridgehead atoms. The molecule has 61 heavy (non-hydrogen) atoms. The molecule has 11 rings (SSSR count). The van der Waals surface area contributed by atoms with E-state index in [2.05, 4.69) is 234 Å². The second kappa shape index (κ2) is 14.2. The molecule has 1 nitrogen and oxygen atoms in total. The minimum atomic E-state index is -0.0739. The number of hydrogen-bond donors (Lipinski definition) is 0. The van der Waals surface area contributed by atoms with Gasteiger partial charge in [-0.15, -0.1) is 11.3 Å². The Balaban J connectivity index is 1.08. The summed E-state index contributed by atoms with van der Waals surface area (Å²) in [4.78, 5) is 2.48. The maximum Gasteiger partial charge on any atom is 0.0546 e. The summed E-state index contributed by atoms with van der Waals surface area (Å²) >= 11 is 1.89. The van der Waals surface area contributed by atoms with Crippen molar-refractivity contribution in [3.8, 4) is 44.5 Å². The van der Waals surface area contributed by atoms with Crippen molar-refractivity contribution in [2.24, 2.45) is 0 Å². The van der Waals surface area contributed by atoms with Gasteiger partial charge in [0.15, 0.2) is 0 Å². The largest absolute Gasteiger partial charge is 0.310 e. The summed E-state index contributed by atoms with van der Waals surface area (Å²) in [7, 11) is 0. The molecule has 1 aliphatic carbocycles. The minimum Gasteiger partial charge on any atom is -0.310 e. The normalized spacial score (nSPS) is 13.1. The van der Waals surface area contributed by atoms with Crippen LogP contribution >= 0.6 is 11.3 Å². The van der Waals surface area contributed by atoms with Crippen LogP contribution in [-0.2, 0) is 10.8 Å². The van der Waals surface area contributed by atoms with Gasteiger partial charge < -0.3 is 4.90 Å². The highest BCUT2D eigenvalue weighted by Crippen LogP contribution is 2.52. The second-order valence-corrected chi connectivity index (χ2v) is 19.2. The van der Waals surface area contributed by atoms with Crippen molar-refractivity contribution < 1.29 is 0 Å². The number of anilines is 3. The van der Waals surface area contributed by atoms with Crippen LogP contribution in [0.1, 0.15) is 51.3 Å². The van der Waals surface area contributed by atoms with E-state index in [0.717, 1.165) is 17.1 Å². The molecular formula is C59H47NS. The maximum absolute atomic E-state index is 2.48. The summed E-state index contributed by atoms with van der Waals surface area (Å²) < 4.78 is 2.66. The molecular weight excluding hydrogens is 755 g/mol. The summed E-state index contributed by atoms with van der Waals surface area (Å²) in [5, 5.41) is 5.10. The Hall–Kier alpha value is -6.74. The van der Waals surface area contributed by atoms with Crippen molar-refractivity contribution in [3.63, 3.8) is 0 Å². The third kappa shape index (κ3) is 6.20. The number of hydrogen-bond acceptors (Lipinski definition) is 2. The highest BCUT2D eigenvalue weighted by molar-refractivity contribution is 7.26. The van der Waals surface area contributed by atoms with Gasteiger partial charge in [0, 0.05) is 42.5 Å². The molecule has 9 aromatic carbocycles. The van der Waals surface area contributed by atoms with Crippen molar-refractivity contribution >= 4 is 59.3 Å². The van der Waals surface area contributed by atoms with E-state index < -0.39 is 0 Å². The molecule has 0 unspecified atom stereocenters. The van der Waals surface area contributed by atoms with Gasteiger partial charge in [0.1, 0.15) is 0 Å². The molecule has 0 saturated heterocycles. The lowest BCUT2D eigenvalue weighted by atomic mass is 9.82. The average Bonchev–Trinajstić information content (AvgIpc) is 3.78. The van der Waals surface area contributed by atoms with E-state index >= 15 is 0 Å². The molecule has 0 aliphatic heterocycles. The molecule has 1 heterocycles. The summed E-state index contributed by atoms with van der Waals surface area (Å²) in [5.41, 5.74) is 17.5. The summed E-state index contributed by atoms with van der Waals surface area (Å²) in [5.74, 6) is 0. The van der Waals surface area contributed by atoms with Crippen molar-refractivity contribution in [3.05, 3.63) is 211 Å². The lowest BCUT2D eigenvalue weighted by molar-refractivity contribution is 0.590. The molecule has 1 aliphatic rings. The van der Waals surface area contributed by atoms with Crippen molar-refractivity contribution in [1.82, 2.24) is 0 Å². The number of benzene rings is 9. The van der Waals surface area contributed by atoms with Crippen LogP contribution in [0.15, 0.2) is 194 Å². The topological polar surface area (TPSA) is 3.24 Å². The maximum atomic E-state index is 2.48. The molecule has 294 valence electrons. The Morgan fingerprint density at radius 1 is 0.443 bits per heavy atom. The van der Waals surface area contributed by atoms with Gasteiger partial charge in [0.05, 0.1) is 5.69 Å². The third-order valence-electron chi connectivity index (χ3n) is 13.1. The highest BCUT2D eigenvalue weighted by atomic mass is 32.1. The molecule has 0 amide bonds. The zero-order chi connectivity index (χ0) is 41.5. The van der Waals surface area contributed by atoms with E-state index in [1.807, 2.05) is 11.3 Å². The molecule has 0 saturated carbocycles. The SMILES string of the molecule is CC(C)(C)c1ccc(-c2ccc(N(c3ccc4c(c3)-c3ccccc3C4(C)C)c3ccc4ccccc4c3-c3ccc(-c4cccc5c4sc4ccccc45)cc3)cc2)cc1. The predicted octanol–water partition coefficient (Wildman–Crippen LogP) is 17.3. The molecule has 0 radical (unpaired) electrons. The van der Waals surface area contributed by atoms with E-state index in [9.17, 15) is 0 Å². The first-order valence-electron chi connectivity index (χ1n) is 21.4.